The third kappa shape index (κ3) is 3.64. The molecule has 0 aliphatic rings. The molecule has 0 radical (unpaired) electrons. The summed E-state index contributed by atoms with van der Waals surface area (Å²) in [6.45, 7) is 4.16. The van der Waals surface area contributed by atoms with Crippen molar-refractivity contribution < 1.29 is 0 Å². The van der Waals surface area contributed by atoms with Crippen molar-refractivity contribution in [1.29, 1.82) is 0 Å². The van der Waals surface area contributed by atoms with Crippen LogP contribution in [0.25, 0.3) is 0 Å². The molecule has 0 aliphatic heterocycles. The number of aryl methyl sites for hydroxylation is 1. The highest BCUT2D eigenvalue weighted by Crippen LogP contribution is 2.19. The molecule has 1 unspecified atom stereocenters. The molecule has 0 aromatic carbocycles. The predicted octanol–water partition coefficient (Wildman–Crippen LogP) is 2.28. The van der Waals surface area contributed by atoms with Crippen molar-refractivity contribution in [2.75, 3.05) is 10.7 Å². The van der Waals surface area contributed by atoms with Crippen molar-refractivity contribution in [3.8, 4) is 0 Å². The Balaban J connectivity index is 2.17. The average molecular weight is 272 g/mol. The molecule has 2 rings (SSSR count). The monoisotopic (exact) mass is 272 g/mol. The summed E-state index contributed by atoms with van der Waals surface area (Å²) in [5, 5.41) is 3.35. The van der Waals surface area contributed by atoms with Gasteiger partial charge < -0.3 is 10.7 Å². The van der Waals surface area contributed by atoms with Gasteiger partial charge in [0.2, 0.25) is 0 Å². The van der Waals surface area contributed by atoms with Crippen molar-refractivity contribution in [2.45, 2.75) is 32.7 Å². The van der Waals surface area contributed by atoms with Gasteiger partial charge in [0.1, 0.15) is 17.5 Å². The van der Waals surface area contributed by atoms with Gasteiger partial charge in [-0.1, -0.05) is 13.0 Å². The number of nitrogens with one attached hydrogen (secondary N) is 2. The van der Waals surface area contributed by atoms with Crippen LogP contribution < -0.4 is 16.6 Å². The number of nitrogen functional groups attached to an aromatic ring is 1. The summed E-state index contributed by atoms with van der Waals surface area (Å²) in [5.41, 5.74) is 3.68. The molecule has 0 spiro atoms. The minimum Gasteiger partial charge on any atom is -0.363 e. The molecule has 1 atom stereocenters. The number of hydrogen-bond donors (Lipinski definition) is 3. The third-order valence-corrected chi connectivity index (χ3v) is 2.94. The van der Waals surface area contributed by atoms with E-state index in [9.17, 15) is 0 Å². The van der Waals surface area contributed by atoms with E-state index in [1.165, 1.54) is 0 Å². The van der Waals surface area contributed by atoms with E-state index in [0.717, 1.165) is 30.0 Å². The molecule has 4 N–H and O–H groups in total. The van der Waals surface area contributed by atoms with Crippen LogP contribution in [0.1, 0.15) is 37.7 Å². The molecule has 106 valence electrons. The Kier molecular flexibility index (Phi) is 4.84. The molecule has 0 saturated heterocycles. The highest BCUT2D eigenvalue weighted by atomic mass is 15.3. The van der Waals surface area contributed by atoms with E-state index in [4.69, 9.17) is 5.84 Å². The van der Waals surface area contributed by atoms with Crippen LogP contribution in [0.5, 0.6) is 0 Å². The molecule has 0 bridgehead atoms. The van der Waals surface area contributed by atoms with Crippen LogP contribution in [0.4, 0.5) is 11.6 Å². The summed E-state index contributed by atoms with van der Waals surface area (Å²) in [6, 6.07) is 5.86. The Labute approximate surface area is 118 Å². The second-order valence-electron chi connectivity index (χ2n) is 4.60. The lowest BCUT2D eigenvalue weighted by Crippen LogP contribution is -2.14. The summed E-state index contributed by atoms with van der Waals surface area (Å²) in [6.07, 6.45) is 5.42. The van der Waals surface area contributed by atoms with Crippen LogP contribution in [0.3, 0.4) is 0 Å². The number of anilines is 2. The Morgan fingerprint density at radius 1 is 1.30 bits per heavy atom. The maximum absolute atomic E-state index is 5.45. The number of pyridine rings is 1. The van der Waals surface area contributed by atoms with E-state index in [1.54, 1.807) is 12.3 Å². The first-order valence-corrected chi connectivity index (χ1v) is 6.74. The number of aromatic nitrogens is 3. The second kappa shape index (κ2) is 6.81. The standard InChI is InChI=1S/C14H20N6/c1-3-5-12-18-13(8-14(19-12)20-15)17-10(2)11-6-4-7-16-9-11/h4,6-10H,3,5,15H2,1-2H3,(H2,17,18,19,20). The van der Waals surface area contributed by atoms with Crippen LogP contribution in [0.2, 0.25) is 0 Å². The molecule has 6 nitrogen and oxygen atoms in total. The third-order valence-electron chi connectivity index (χ3n) is 2.94. The Morgan fingerprint density at radius 3 is 2.75 bits per heavy atom. The lowest BCUT2D eigenvalue weighted by Gasteiger charge is -2.15. The van der Waals surface area contributed by atoms with Crippen molar-refractivity contribution >= 4 is 11.6 Å². The van der Waals surface area contributed by atoms with Gasteiger partial charge in [0.15, 0.2) is 0 Å². The van der Waals surface area contributed by atoms with Gasteiger partial charge in [-0.2, -0.15) is 0 Å². The predicted molar refractivity (Wildman–Crippen MR) is 80.1 cm³/mol. The van der Waals surface area contributed by atoms with Crippen LogP contribution in [-0.2, 0) is 6.42 Å². The van der Waals surface area contributed by atoms with Crippen LogP contribution in [0, 0.1) is 0 Å². The fourth-order valence-electron chi connectivity index (χ4n) is 1.92. The van der Waals surface area contributed by atoms with Gasteiger partial charge in [-0.05, 0) is 25.0 Å². The zero-order valence-electron chi connectivity index (χ0n) is 11.8. The van der Waals surface area contributed by atoms with E-state index in [2.05, 4.69) is 39.5 Å². The smallest absolute Gasteiger partial charge is 0.145 e. The van der Waals surface area contributed by atoms with Gasteiger partial charge in [0, 0.05) is 24.9 Å². The topological polar surface area (TPSA) is 88.8 Å². The maximum atomic E-state index is 5.45. The molecule has 0 amide bonds. The summed E-state index contributed by atoms with van der Waals surface area (Å²) in [7, 11) is 0. The minimum absolute atomic E-state index is 0.110. The summed E-state index contributed by atoms with van der Waals surface area (Å²) in [4.78, 5) is 12.9. The van der Waals surface area contributed by atoms with Crippen molar-refractivity contribution in [1.82, 2.24) is 15.0 Å². The van der Waals surface area contributed by atoms with Gasteiger partial charge in [-0.15, -0.1) is 0 Å². The zero-order chi connectivity index (χ0) is 14.4. The van der Waals surface area contributed by atoms with E-state index in [0.29, 0.717) is 5.82 Å². The van der Waals surface area contributed by atoms with Crippen molar-refractivity contribution in [3.63, 3.8) is 0 Å². The van der Waals surface area contributed by atoms with Crippen molar-refractivity contribution in [3.05, 3.63) is 42.0 Å². The first kappa shape index (κ1) is 14.2. The zero-order valence-corrected chi connectivity index (χ0v) is 11.8. The molecule has 0 saturated carbocycles. The first-order valence-electron chi connectivity index (χ1n) is 6.74. The number of hydrogen-bond acceptors (Lipinski definition) is 6. The Bertz CT molecular complexity index is 543. The molecule has 20 heavy (non-hydrogen) atoms. The fourth-order valence-corrected chi connectivity index (χ4v) is 1.92. The van der Waals surface area contributed by atoms with Gasteiger partial charge in [-0.3, -0.25) is 4.98 Å². The molecule has 2 heterocycles. The van der Waals surface area contributed by atoms with Gasteiger partial charge in [0.05, 0.1) is 6.04 Å². The molecular formula is C14H20N6. The van der Waals surface area contributed by atoms with Crippen LogP contribution in [0.15, 0.2) is 30.6 Å². The van der Waals surface area contributed by atoms with Gasteiger partial charge in [-0.25, -0.2) is 15.8 Å². The quantitative estimate of drug-likeness (QED) is 0.552. The minimum atomic E-state index is 0.110. The SMILES string of the molecule is CCCc1nc(NN)cc(NC(C)c2cccnc2)n1. The van der Waals surface area contributed by atoms with Crippen molar-refractivity contribution in [2.24, 2.45) is 5.84 Å². The largest absolute Gasteiger partial charge is 0.363 e. The number of nitrogens with zero attached hydrogens (tertiary/aromatic N) is 3. The highest BCUT2D eigenvalue weighted by molar-refractivity contribution is 5.48. The first-order chi connectivity index (χ1) is 9.72. The molecule has 6 heteroatoms. The molecule has 2 aromatic heterocycles. The van der Waals surface area contributed by atoms with E-state index >= 15 is 0 Å². The summed E-state index contributed by atoms with van der Waals surface area (Å²) >= 11 is 0. The van der Waals surface area contributed by atoms with E-state index < -0.39 is 0 Å². The number of rotatable bonds is 6. The lowest BCUT2D eigenvalue weighted by molar-refractivity contribution is 0.818. The van der Waals surface area contributed by atoms with E-state index in [-0.39, 0.29) is 6.04 Å². The highest BCUT2D eigenvalue weighted by Gasteiger charge is 2.08. The maximum Gasteiger partial charge on any atom is 0.145 e. The Hall–Kier alpha value is -2.21. The van der Waals surface area contributed by atoms with Gasteiger partial charge >= 0.3 is 0 Å². The molecule has 0 fully saturated rings. The average Bonchev–Trinajstić information content (AvgIpc) is 2.48. The van der Waals surface area contributed by atoms with Gasteiger partial charge in [0.25, 0.3) is 0 Å². The summed E-state index contributed by atoms with van der Waals surface area (Å²) < 4.78 is 0. The van der Waals surface area contributed by atoms with E-state index in [1.807, 2.05) is 18.3 Å². The number of nitrogens with two attached hydrogens (primary N) is 1. The summed E-state index contributed by atoms with van der Waals surface area (Å²) in [5.74, 6) is 7.60. The van der Waals surface area contributed by atoms with Crippen LogP contribution in [-0.4, -0.2) is 15.0 Å². The molecule has 0 aliphatic carbocycles. The van der Waals surface area contributed by atoms with Crippen LogP contribution >= 0.6 is 0 Å². The Morgan fingerprint density at radius 2 is 2.10 bits per heavy atom. The normalized spacial score (nSPS) is 11.9. The molecule has 2 aromatic rings. The lowest BCUT2D eigenvalue weighted by atomic mass is 10.1. The fraction of sp³-hybridized carbons (Fsp3) is 0.357. The molecular weight excluding hydrogens is 252 g/mol. The number of hydrazine groups is 1. The second-order valence-corrected chi connectivity index (χ2v) is 4.60.